The number of rotatable bonds is 2. The number of amides is 1. The Morgan fingerprint density at radius 3 is 2.44 bits per heavy atom. The summed E-state index contributed by atoms with van der Waals surface area (Å²) in [5, 5.41) is 2.79. The fraction of sp³-hybridized carbons (Fsp3) is 0.0714. The highest BCUT2D eigenvalue weighted by molar-refractivity contribution is 6.07. The third-order valence-corrected chi connectivity index (χ3v) is 2.73. The van der Waals surface area contributed by atoms with Crippen molar-refractivity contribution in [1.29, 1.82) is 0 Å². The summed E-state index contributed by atoms with van der Waals surface area (Å²) in [5.74, 6) is -0.225. The predicted molar refractivity (Wildman–Crippen MR) is 74.4 cm³/mol. The number of aryl methyl sites for hydroxylation is 1. The second kappa shape index (κ2) is 4.79. The van der Waals surface area contributed by atoms with Gasteiger partial charge in [-0.2, -0.15) is 0 Å². The van der Waals surface area contributed by atoms with Gasteiger partial charge in [-0.1, -0.05) is 12.1 Å². The Morgan fingerprint density at radius 2 is 1.78 bits per heavy atom. The van der Waals surface area contributed by atoms with Gasteiger partial charge in [0.1, 0.15) is 0 Å². The molecule has 4 nitrogen and oxygen atoms in total. The summed E-state index contributed by atoms with van der Waals surface area (Å²) < 4.78 is 0. The predicted octanol–water partition coefficient (Wildman–Crippen LogP) is 2.41. The molecule has 2 aromatic carbocycles. The van der Waals surface area contributed by atoms with Gasteiger partial charge >= 0.3 is 0 Å². The molecule has 4 heteroatoms. The highest BCUT2D eigenvalue weighted by Gasteiger charge is 2.09. The summed E-state index contributed by atoms with van der Waals surface area (Å²) >= 11 is 0. The summed E-state index contributed by atoms with van der Waals surface area (Å²) in [5.41, 5.74) is 14.7. The van der Waals surface area contributed by atoms with Gasteiger partial charge in [0, 0.05) is 17.1 Å². The number of carbonyl (C=O) groups excluding carboxylic acids is 1. The summed E-state index contributed by atoms with van der Waals surface area (Å²) in [4.78, 5) is 12.0. The van der Waals surface area contributed by atoms with Gasteiger partial charge in [0.15, 0.2) is 0 Å². The van der Waals surface area contributed by atoms with Crippen molar-refractivity contribution in [1.82, 2.24) is 0 Å². The van der Waals surface area contributed by atoms with Crippen LogP contribution in [0.5, 0.6) is 0 Å². The van der Waals surface area contributed by atoms with Crippen LogP contribution < -0.4 is 16.8 Å². The van der Waals surface area contributed by atoms with E-state index in [9.17, 15) is 4.79 Å². The number of hydrogen-bond donors (Lipinski definition) is 3. The molecule has 0 aliphatic rings. The number of nitrogen functional groups attached to an aromatic ring is 2. The van der Waals surface area contributed by atoms with Gasteiger partial charge in [0.25, 0.3) is 5.91 Å². The van der Waals surface area contributed by atoms with Crippen LogP contribution in [0.2, 0.25) is 0 Å². The Bertz CT molecular complexity index is 593. The summed E-state index contributed by atoms with van der Waals surface area (Å²) in [6.45, 7) is 1.89. The molecule has 0 aromatic heterocycles. The lowest BCUT2D eigenvalue weighted by atomic mass is 10.1. The molecular weight excluding hydrogens is 226 g/mol. The lowest BCUT2D eigenvalue weighted by Crippen LogP contribution is -2.14. The highest BCUT2D eigenvalue weighted by atomic mass is 16.1. The Hall–Kier alpha value is -2.49. The van der Waals surface area contributed by atoms with E-state index in [4.69, 9.17) is 11.5 Å². The zero-order chi connectivity index (χ0) is 13.1. The minimum Gasteiger partial charge on any atom is -0.399 e. The number of carbonyl (C=O) groups is 1. The molecule has 5 N–H and O–H groups in total. The van der Waals surface area contributed by atoms with E-state index in [1.807, 2.05) is 13.0 Å². The quantitative estimate of drug-likeness (QED) is 0.706. The van der Waals surface area contributed by atoms with Crippen molar-refractivity contribution >= 4 is 23.0 Å². The minimum atomic E-state index is -0.225. The monoisotopic (exact) mass is 241 g/mol. The third kappa shape index (κ3) is 2.43. The second-order valence-electron chi connectivity index (χ2n) is 4.11. The lowest BCUT2D eigenvalue weighted by molar-refractivity contribution is 0.102. The molecule has 0 radical (unpaired) electrons. The van der Waals surface area contributed by atoms with E-state index in [0.717, 1.165) is 5.56 Å². The van der Waals surface area contributed by atoms with Crippen molar-refractivity contribution in [2.75, 3.05) is 16.8 Å². The molecule has 0 saturated carbocycles. The summed E-state index contributed by atoms with van der Waals surface area (Å²) in [7, 11) is 0. The van der Waals surface area contributed by atoms with Crippen LogP contribution in [0.15, 0.2) is 42.5 Å². The molecule has 0 aliphatic carbocycles. The summed E-state index contributed by atoms with van der Waals surface area (Å²) in [6, 6.07) is 12.3. The van der Waals surface area contributed by atoms with Gasteiger partial charge in [-0.15, -0.1) is 0 Å². The number of anilines is 3. The van der Waals surface area contributed by atoms with E-state index in [-0.39, 0.29) is 5.91 Å². The van der Waals surface area contributed by atoms with Crippen molar-refractivity contribution < 1.29 is 4.79 Å². The van der Waals surface area contributed by atoms with Gasteiger partial charge in [-0.25, -0.2) is 0 Å². The average molecular weight is 241 g/mol. The van der Waals surface area contributed by atoms with Gasteiger partial charge in [-0.05, 0) is 42.8 Å². The largest absolute Gasteiger partial charge is 0.399 e. The maximum Gasteiger partial charge on any atom is 0.257 e. The van der Waals surface area contributed by atoms with Gasteiger partial charge in [0.05, 0.1) is 5.56 Å². The van der Waals surface area contributed by atoms with Crippen LogP contribution in [-0.4, -0.2) is 5.91 Å². The van der Waals surface area contributed by atoms with E-state index in [0.29, 0.717) is 22.6 Å². The molecule has 1 amide bonds. The van der Waals surface area contributed by atoms with E-state index in [2.05, 4.69) is 5.32 Å². The van der Waals surface area contributed by atoms with Crippen LogP contribution in [0.1, 0.15) is 15.9 Å². The average Bonchev–Trinajstić information content (AvgIpc) is 2.34. The SMILES string of the molecule is Cc1cc(NC(=O)c2ccccc2N)ccc1N. The molecule has 0 unspecified atom stereocenters. The number of nitrogens with two attached hydrogens (primary N) is 2. The van der Waals surface area contributed by atoms with Gasteiger partial charge in [-0.3, -0.25) is 4.79 Å². The fourth-order valence-corrected chi connectivity index (χ4v) is 1.66. The maximum atomic E-state index is 12.0. The number of benzene rings is 2. The Balaban J connectivity index is 2.22. The van der Waals surface area contributed by atoms with Crippen molar-refractivity contribution in [2.24, 2.45) is 0 Å². The highest BCUT2D eigenvalue weighted by Crippen LogP contribution is 2.18. The van der Waals surface area contributed by atoms with Crippen LogP contribution in [-0.2, 0) is 0 Å². The molecule has 2 aromatic rings. The van der Waals surface area contributed by atoms with E-state index >= 15 is 0 Å². The van der Waals surface area contributed by atoms with Crippen LogP contribution in [0.3, 0.4) is 0 Å². The molecule has 0 spiro atoms. The minimum absolute atomic E-state index is 0.225. The Labute approximate surface area is 106 Å². The molecule has 0 heterocycles. The maximum absolute atomic E-state index is 12.0. The molecular formula is C14H15N3O. The van der Waals surface area contributed by atoms with E-state index in [1.165, 1.54) is 0 Å². The number of para-hydroxylation sites is 1. The number of nitrogens with one attached hydrogen (secondary N) is 1. The standard InChI is InChI=1S/C14H15N3O/c1-9-8-10(6-7-12(9)15)17-14(18)11-4-2-3-5-13(11)16/h2-8H,15-16H2,1H3,(H,17,18). The van der Waals surface area contributed by atoms with Gasteiger partial charge < -0.3 is 16.8 Å². The molecule has 0 fully saturated rings. The zero-order valence-corrected chi connectivity index (χ0v) is 10.1. The second-order valence-corrected chi connectivity index (χ2v) is 4.11. The molecule has 18 heavy (non-hydrogen) atoms. The molecule has 0 saturated heterocycles. The van der Waals surface area contributed by atoms with Crippen LogP contribution in [0.25, 0.3) is 0 Å². The van der Waals surface area contributed by atoms with Crippen molar-refractivity contribution in [3.63, 3.8) is 0 Å². The van der Waals surface area contributed by atoms with E-state index in [1.54, 1.807) is 36.4 Å². The molecule has 92 valence electrons. The molecule has 0 atom stereocenters. The molecule has 0 aliphatic heterocycles. The third-order valence-electron chi connectivity index (χ3n) is 2.73. The fourth-order valence-electron chi connectivity index (χ4n) is 1.66. The van der Waals surface area contributed by atoms with Gasteiger partial charge in [0.2, 0.25) is 0 Å². The van der Waals surface area contributed by atoms with Crippen molar-refractivity contribution in [2.45, 2.75) is 6.92 Å². The van der Waals surface area contributed by atoms with Crippen LogP contribution in [0.4, 0.5) is 17.1 Å². The smallest absolute Gasteiger partial charge is 0.257 e. The topological polar surface area (TPSA) is 81.1 Å². The number of hydrogen-bond acceptors (Lipinski definition) is 3. The first-order valence-electron chi connectivity index (χ1n) is 5.60. The zero-order valence-electron chi connectivity index (χ0n) is 10.1. The molecule has 2 rings (SSSR count). The first-order valence-corrected chi connectivity index (χ1v) is 5.60. The summed E-state index contributed by atoms with van der Waals surface area (Å²) in [6.07, 6.45) is 0. The Morgan fingerprint density at radius 1 is 1.06 bits per heavy atom. The van der Waals surface area contributed by atoms with Crippen LogP contribution in [0, 0.1) is 6.92 Å². The van der Waals surface area contributed by atoms with Crippen molar-refractivity contribution in [3.05, 3.63) is 53.6 Å². The van der Waals surface area contributed by atoms with Crippen molar-refractivity contribution in [3.8, 4) is 0 Å². The lowest BCUT2D eigenvalue weighted by Gasteiger charge is -2.09. The first kappa shape index (κ1) is 12.0. The van der Waals surface area contributed by atoms with Crippen LogP contribution >= 0.6 is 0 Å². The molecule has 0 bridgehead atoms. The normalized spacial score (nSPS) is 10.1. The first-order chi connectivity index (χ1) is 8.58. The van der Waals surface area contributed by atoms with E-state index < -0.39 is 0 Å². The Kier molecular flexibility index (Phi) is 3.19.